The summed E-state index contributed by atoms with van der Waals surface area (Å²) in [6.45, 7) is 3.74. The quantitative estimate of drug-likeness (QED) is 0.754. The molecular formula is C9H16N2OS2. The number of thiazole rings is 1. The molecule has 14 heavy (non-hydrogen) atoms. The average molecular weight is 232 g/mol. The largest absolute Gasteiger partial charge is 0.310 e. The number of hydrogen-bond acceptors (Lipinski definition) is 4. The van der Waals surface area contributed by atoms with E-state index in [4.69, 9.17) is 0 Å². The molecule has 0 aromatic carbocycles. The monoisotopic (exact) mass is 232 g/mol. The highest BCUT2D eigenvalue weighted by atomic mass is 32.2. The molecule has 0 aliphatic carbocycles. The lowest BCUT2D eigenvalue weighted by Crippen LogP contribution is -2.20. The van der Waals surface area contributed by atoms with Gasteiger partial charge in [0.25, 0.3) is 0 Å². The van der Waals surface area contributed by atoms with Crippen molar-refractivity contribution in [3.8, 4) is 0 Å². The van der Waals surface area contributed by atoms with Gasteiger partial charge in [-0.25, -0.2) is 4.98 Å². The molecule has 3 nitrogen and oxygen atoms in total. The summed E-state index contributed by atoms with van der Waals surface area (Å²) in [5.41, 5.74) is 0. The Morgan fingerprint density at radius 2 is 2.50 bits per heavy atom. The first kappa shape index (κ1) is 11.8. The van der Waals surface area contributed by atoms with E-state index in [-0.39, 0.29) is 5.25 Å². The van der Waals surface area contributed by atoms with E-state index in [0.29, 0.717) is 0 Å². The Hall–Kier alpha value is -0.260. The van der Waals surface area contributed by atoms with Crippen LogP contribution in [-0.2, 0) is 17.3 Å². The maximum atomic E-state index is 11.0. The van der Waals surface area contributed by atoms with Crippen LogP contribution in [0.25, 0.3) is 0 Å². The number of nitrogens with zero attached hydrogens (tertiary/aromatic N) is 1. The molecule has 1 N–H and O–H groups in total. The summed E-state index contributed by atoms with van der Waals surface area (Å²) in [6, 6.07) is 0. The topological polar surface area (TPSA) is 42.0 Å². The summed E-state index contributed by atoms with van der Waals surface area (Å²) in [5, 5.41) is 6.64. The highest BCUT2D eigenvalue weighted by molar-refractivity contribution is 7.84. The summed E-state index contributed by atoms with van der Waals surface area (Å²) in [7, 11) is -0.704. The molecule has 0 fully saturated rings. The van der Waals surface area contributed by atoms with Crippen LogP contribution in [0.5, 0.6) is 0 Å². The molecule has 1 rings (SSSR count). The fourth-order valence-corrected chi connectivity index (χ4v) is 2.04. The van der Waals surface area contributed by atoms with Crippen LogP contribution in [0.2, 0.25) is 0 Å². The molecule has 0 spiro atoms. The van der Waals surface area contributed by atoms with E-state index in [9.17, 15) is 4.21 Å². The summed E-state index contributed by atoms with van der Waals surface area (Å²) < 4.78 is 11.0. The molecule has 0 radical (unpaired) electrons. The first-order valence-electron chi connectivity index (χ1n) is 4.61. The summed E-state index contributed by atoms with van der Waals surface area (Å²) in [6.07, 6.45) is 4.52. The van der Waals surface area contributed by atoms with E-state index >= 15 is 0 Å². The lowest BCUT2D eigenvalue weighted by Gasteiger charge is -2.07. The Morgan fingerprint density at radius 1 is 1.71 bits per heavy atom. The Labute approximate surface area is 91.4 Å². The van der Waals surface area contributed by atoms with Gasteiger partial charge in [0, 0.05) is 40.4 Å². The van der Waals surface area contributed by atoms with Crippen molar-refractivity contribution in [2.75, 3.05) is 12.8 Å². The predicted octanol–water partition coefficient (Wildman–Crippen LogP) is 1.39. The number of rotatable bonds is 6. The van der Waals surface area contributed by atoms with Gasteiger partial charge in [0.2, 0.25) is 0 Å². The van der Waals surface area contributed by atoms with Crippen molar-refractivity contribution in [1.82, 2.24) is 10.3 Å². The molecule has 1 aromatic rings. The van der Waals surface area contributed by atoms with Gasteiger partial charge in [0.15, 0.2) is 0 Å². The van der Waals surface area contributed by atoms with Crippen LogP contribution in [0, 0.1) is 0 Å². The summed E-state index contributed by atoms with van der Waals surface area (Å²) >= 11 is 1.65. The zero-order valence-electron chi connectivity index (χ0n) is 8.53. The second kappa shape index (κ2) is 6.27. The van der Waals surface area contributed by atoms with Gasteiger partial charge in [-0.15, -0.1) is 11.3 Å². The van der Waals surface area contributed by atoms with Crippen LogP contribution >= 0.6 is 11.3 Å². The summed E-state index contributed by atoms with van der Waals surface area (Å²) in [4.78, 5) is 4.16. The van der Waals surface area contributed by atoms with Crippen molar-refractivity contribution in [2.24, 2.45) is 0 Å². The minimum Gasteiger partial charge on any atom is -0.310 e. The lowest BCUT2D eigenvalue weighted by atomic mass is 10.3. The van der Waals surface area contributed by atoms with Gasteiger partial charge in [-0.2, -0.15) is 0 Å². The minimum absolute atomic E-state index is 0.277. The van der Waals surface area contributed by atoms with Crippen molar-refractivity contribution < 1.29 is 4.21 Å². The first-order valence-corrected chi connectivity index (χ1v) is 7.11. The van der Waals surface area contributed by atoms with E-state index in [1.807, 2.05) is 18.5 Å². The lowest BCUT2D eigenvalue weighted by molar-refractivity contribution is 0.627. The van der Waals surface area contributed by atoms with Crippen LogP contribution in [-0.4, -0.2) is 27.2 Å². The van der Waals surface area contributed by atoms with E-state index in [0.717, 1.165) is 24.5 Å². The number of hydrogen-bond donors (Lipinski definition) is 1. The van der Waals surface area contributed by atoms with Crippen LogP contribution in [0.1, 0.15) is 18.4 Å². The normalized spacial score (nSPS) is 15.3. The third-order valence-corrected chi connectivity index (χ3v) is 4.20. The zero-order chi connectivity index (χ0) is 10.4. The first-order chi connectivity index (χ1) is 6.70. The van der Waals surface area contributed by atoms with E-state index in [2.05, 4.69) is 10.3 Å². The maximum absolute atomic E-state index is 11.0. The molecule has 0 aliphatic rings. The molecule has 2 unspecified atom stereocenters. The van der Waals surface area contributed by atoms with Crippen LogP contribution in [0.3, 0.4) is 0 Å². The van der Waals surface area contributed by atoms with Crippen molar-refractivity contribution in [1.29, 1.82) is 0 Å². The van der Waals surface area contributed by atoms with Crippen molar-refractivity contribution in [3.63, 3.8) is 0 Å². The number of nitrogens with one attached hydrogen (secondary N) is 1. The fraction of sp³-hybridized carbons (Fsp3) is 0.667. The third-order valence-electron chi connectivity index (χ3n) is 2.05. The average Bonchev–Trinajstić information content (AvgIpc) is 2.64. The second-order valence-electron chi connectivity index (χ2n) is 3.20. The molecular weight excluding hydrogens is 216 g/mol. The maximum Gasteiger partial charge on any atom is 0.106 e. The zero-order valence-corrected chi connectivity index (χ0v) is 10.2. The van der Waals surface area contributed by atoms with E-state index in [1.165, 1.54) is 0 Å². The second-order valence-corrected chi connectivity index (χ2v) is 5.98. The third kappa shape index (κ3) is 4.30. The molecule has 1 heterocycles. The molecule has 2 atom stereocenters. The standard InChI is InChI=1S/C9H16N2OS2/c1-8(14(2)12)3-4-10-7-9-11-5-6-13-9/h5-6,8,10H,3-4,7H2,1-2H3. The highest BCUT2D eigenvalue weighted by Gasteiger charge is 2.04. The fourth-order valence-electron chi connectivity index (χ4n) is 1.01. The van der Waals surface area contributed by atoms with Crippen molar-refractivity contribution in [3.05, 3.63) is 16.6 Å². The molecule has 0 amide bonds. The van der Waals surface area contributed by atoms with Crippen LogP contribution in [0.4, 0.5) is 0 Å². The summed E-state index contributed by atoms with van der Waals surface area (Å²) in [5.74, 6) is 0. The Bertz CT molecular complexity index is 274. The molecule has 80 valence electrons. The van der Waals surface area contributed by atoms with E-state index < -0.39 is 10.8 Å². The van der Waals surface area contributed by atoms with Gasteiger partial charge in [0.1, 0.15) is 5.01 Å². The smallest absolute Gasteiger partial charge is 0.106 e. The van der Waals surface area contributed by atoms with E-state index in [1.54, 1.807) is 17.6 Å². The van der Waals surface area contributed by atoms with Crippen LogP contribution in [0.15, 0.2) is 11.6 Å². The van der Waals surface area contributed by atoms with Gasteiger partial charge >= 0.3 is 0 Å². The molecule has 0 aliphatic heterocycles. The van der Waals surface area contributed by atoms with Gasteiger partial charge in [0.05, 0.1) is 0 Å². The molecule has 1 aromatic heterocycles. The molecule has 0 saturated heterocycles. The van der Waals surface area contributed by atoms with Gasteiger partial charge in [-0.3, -0.25) is 4.21 Å². The molecule has 5 heteroatoms. The molecule has 0 saturated carbocycles. The van der Waals surface area contributed by atoms with Crippen molar-refractivity contribution in [2.45, 2.75) is 25.1 Å². The number of aromatic nitrogens is 1. The van der Waals surface area contributed by atoms with Gasteiger partial charge < -0.3 is 5.32 Å². The van der Waals surface area contributed by atoms with Gasteiger partial charge in [-0.1, -0.05) is 6.92 Å². The Kier molecular flexibility index (Phi) is 5.29. The predicted molar refractivity (Wildman–Crippen MR) is 62.0 cm³/mol. The SMILES string of the molecule is CC(CCNCc1nccs1)S(C)=O. The Balaban J connectivity index is 2.08. The molecule has 0 bridgehead atoms. The highest BCUT2D eigenvalue weighted by Crippen LogP contribution is 2.03. The van der Waals surface area contributed by atoms with Crippen molar-refractivity contribution >= 4 is 22.1 Å². The Morgan fingerprint density at radius 3 is 3.07 bits per heavy atom. The van der Waals surface area contributed by atoms with Gasteiger partial charge in [-0.05, 0) is 13.0 Å². The van der Waals surface area contributed by atoms with Crippen LogP contribution < -0.4 is 5.32 Å². The minimum atomic E-state index is -0.704.